The summed E-state index contributed by atoms with van der Waals surface area (Å²) in [5.74, 6) is -0.549. The minimum absolute atomic E-state index is 0.0562. The molecule has 8 heteroatoms. The number of amides is 3. The number of nitrogens with one attached hydrogen (secondary N) is 1. The molecule has 0 saturated carbocycles. The number of hydrogen-bond acceptors (Lipinski definition) is 4. The van der Waals surface area contributed by atoms with Gasteiger partial charge in [-0.15, -0.1) is 11.8 Å². The Morgan fingerprint density at radius 1 is 1.50 bits per heavy atom. The minimum Gasteiger partial charge on any atom is -0.480 e. The molecule has 1 unspecified atom stereocenters. The second-order valence-electron chi connectivity index (χ2n) is 3.79. The van der Waals surface area contributed by atoms with Crippen LogP contribution in [0.25, 0.3) is 0 Å². The molecule has 2 N–H and O–H groups in total. The largest absolute Gasteiger partial charge is 0.480 e. The highest BCUT2D eigenvalue weighted by atomic mass is 32.2. The molecular weight excluding hydrogens is 258 g/mol. The number of carbonyl (C=O) groups is 3. The maximum absolute atomic E-state index is 12.1. The molecule has 102 valence electrons. The number of hydrogen-bond donors (Lipinski definition) is 2. The van der Waals surface area contributed by atoms with Crippen LogP contribution in [0, 0.1) is 0 Å². The first-order valence-corrected chi connectivity index (χ1v) is 6.73. The van der Waals surface area contributed by atoms with E-state index in [1.807, 2.05) is 0 Å². The summed E-state index contributed by atoms with van der Waals surface area (Å²) < 4.78 is 0. The second-order valence-corrected chi connectivity index (χ2v) is 4.79. The molecule has 1 saturated heterocycles. The van der Waals surface area contributed by atoms with Crippen LogP contribution in [0.5, 0.6) is 0 Å². The van der Waals surface area contributed by atoms with Gasteiger partial charge >= 0.3 is 12.0 Å². The van der Waals surface area contributed by atoms with E-state index >= 15 is 0 Å². The summed E-state index contributed by atoms with van der Waals surface area (Å²) in [7, 11) is 1.49. The lowest BCUT2D eigenvalue weighted by Crippen LogP contribution is -2.50. The first kappa shape index (κ1) is 14.6. The van der Waals surface area contributed by atoms with E-state index in [0.29, 0.717) is 18.2 Å². The number of rotatable bonds is 4. The lowest BCUT2D eigenvalue weighted by atomic mass is 10.3. The molecule has 0 spiro atoms. The number of urea groups is 1. The number of carbonyl (C=O) groups excluding carboxylic acids is 2. The topological polar surface area (TPSA) is 90.0 Å². The number of carboxylic acid groups (broad SMARTS) is 1. The Hall–Kier alpha value is -1.44. The number of thioether (sulfide) groups is 1. The normalized spacial score (nSPS) is 18.6. The first-order chi connectivity index (χ1) is 8.51. The van der Waals surface area contributed by atoms with Gasteiger partial charge in [0.15, 0.2) is 0 Å². The Balaban J connectivity index is 2.71. The Morgan fingerprint density at radius 3 is 2.67 bits per heavy atom. The molecule has 0 aliphatic carbocycles. The molecule has 18 heavy (non-hydrogen) atoms. The van der Waals surface area contributed by atoms with E-state index in [-0.39, 0.29) is 12.5 Å². The highest BCUT2D eigenvalue weighted by Crippen LogP contribution is 2.22. The van der Waals surface area contributed by atoms with Crippen molar-refractivity contribution in [3.63, 3.8) is 0 Å². The average Bonchev–Trinajstić information content (AvgIpc) is 2.83. The molecule has 1 rings (SSSR count). The van der Waals surface area contributed by atoms with Crippen LogP contribution in [0.2, 0.25) is 0 Å². The van der Waals surface area contributed by atoms with Crippen LogP contribution >= 0.6 is 11.8 Å². The van der Waals surface area contributed by atoms with Crippen molar-refractivity contribution in [3.8, 4) is 0 Å². The molecule has 0 aromatic rings. The third kappa shape index (κ3) is 3.28. The Labute approximate surface area is 109 Å². The lowest BCUT2D eigenvalue weighted by Gasteiger charge is -2.28. The molecule has 1 aliphatic rings. The van der Waals surface area contributed by atoms with Gasteiger partial charge in [-0.05, 0) is 6.92 Å². The third-order valence-corrected chi connectivity index (χ3v) is 3.69. The van der Waals surface area contributed by atoms with Gasteiger partial charge in [-0.2, -0.15) is 0 Å². The van der Waals surface area contributed by atoms with Crippen LogP contribution in [-0.2, 0) is 9.59 Å². The zero-order chi connectivity index (χ0) is 13.7. The molecule has 1 heterocycles. The molecule has 1 atom stereocenters. The van der Waals surface area contributed by atoms with Gasteiger partial charge in [-0.1, -0.05) is 0 Å². The van der Waals surface area contributed by atoms with Crippen molar-refractivity contribution in [1.82, 2.24) is 15.1 Å². The summed E-state index contributed by atoms with van der Waals surface area (Å²) in [6.45, 7) is 2.05. The Morgan fingerprint density at radius 2 is 2.17 bits per heavy atom. The van der Waals surface area contributed by atoms with Gasteiger partial charge in [0, 0.05) is 19.3 Å². The predicted molar refractivity (Wildman–Crippen MR) is 67.3 cm³/mol. The van der Waals surface area contributed by atoms with Crippen molar-refractivity contribution >= 4 is 29.7 Å². The van der Waals surface area contributed by atoms with E-state index < -0.39 is 18.0 Å². The fourth-order valence-electron chi connectivity index (χ4n) is 1.58. The highest BCUT2D eigenvalue weighted by molar-refractivity contribution is 7.99. The Kier molecular flexibility index (Phi) is 5.26. The van der Waals surface area contributed by atoms with Gasteiger partial charge < -0.3 is 20.2 Å². The molecule has 1 fully saturated rings. The highest BCUT2D eigenvalue weighted by Gasteiger charge is 2.36. The van der Waals surface area contributed by atoms with Gasteiger partial charge in [-0.25, -0.2) is 9.59 Å². The molecular formula is C10H17N3O4S. The molecule has 3 amide bonds. The van der Waals surface area contributed by atoms with E-state index in [1.54, 1.807) is 6.92 Å². The zero-order valence-corrected chi connectivity index (χ0v) is 11.2. The zero-order valence-electron chi connectivity index (χ0n) is 10.4. The van der Waals surface area contributed by atoms with Gasteiger partial charge in [-0.3, -0.25) is 4.79 Å². The summed E-state index contributed by atoms with van der Waals surface area (Å²) in [5, 5.41) is 11.4. The molecule has 0 aromatic heterocycles. The maximum atomic E-state index is 12.1. The van der Waals surface area contributed by atoms with Crippen LogP contribution < -0.4 is 5.32 Å². The van der Waals surface area contributed by atoms with Crippen molar-refractivity contribution < 1.29 is 19.5 Å². The smallest absolute Gasteiger partial charge is 0.327 e. The van der Waals surface area contributed by atoms with E-state index in [4.69, 9.17) is 5.11 Å². The van der Waals surface area contributed by atoms with E-state index in [2.05, 4.69) is 5.32 Å². The minimum atomic E-state index is -1.01. The monoisotopic (exact) mass is 275 g/mol. The van der Waals surface area contributed by atoms with Gasteiger partial charge in [0.05, 0.1) is 5.88 Å². The van der Waals surface area contributed by atoms with E-state index in [9.17, 15) is 14.4 Å². The molecule has 7 nitrogen and oxygen atoms in total. The van der Waals surface area contributed by atoms with Gasteiger partial charge in [0.1, 0.15) is 12.6 Å². The van der Waals surface area contributed by atoms with E-state index in [1.165, 1.54) is 28.6 Å². The standard InChI is InChI=1S/C10H17N3O4S/c1-3-12(4-8(14)11-2)10(17)13-6-18-5-7(13)9(15)16/h7H,3-6H2,1-2H3,(H,11,14)(H,15,16). The molecule has 0 radical (unpaired) electrons. The average molecular weight is 275 g/mol. The van der Waals surface area contributed by atoms with Crippen LogP contribution in [0.4, 0.5) is 4.79 Å². The number of likely N-dealkylation sites (N-methyl/N-ethyl adjacent to an activating group) is 2. The van der Waals surface area contributed by atoms with Crippen molar-refractivity contribution in [2.75, 3.05) is 31.8 Å². The Bertz CT molecular complexity index is 350. The quantitative estimate of drug-likeness (QED) is 0.731. The SMILES string of the molecule is CCN(CC(=O)NC)C(=O)N1CSCC1C(=O)O. The summed E-state index contributed by atoms with van der Waals surface area (Å²) >= 11 is 1.40. The summed E-state index contributed by atoms with van der Waals surface area (Å²) in [5.41, 5.74) is 0. The van der Waals surface area contributed by atoms with Crippen molar-refractivity contribution in [2.24, 2.45) is 0 Å². The summed E-state index contributed by atoms with van der Waals surface area (Å²) in [6, 6.07) is -1.21. The fourth-order valence-corrected chi connectivity index (χ4v) is 2.72. The number of nitrogens with zero attached hydrogens (tertiary/aromatic N) is 2. The van der Waals surface area contributed by atoms with Crippen molar-refractivity contribution in [1.29, 1.82) is 0 Å². The first-order valence-electron chi connectivity index (χ1n) is 5.58. The predicted octanol–water partition coefficient (Wildman–Crippen LogP) is -0.366. The van der Waals surface area contributed by atoms with Gasteiger partial charge in [0.2, 0.25) is 5.91 Å². The van der Waals surface area contributed by atoms with Crippen LogP contribution in [0.1, 0.15) is 6.92 Å². The number of aliphatic carboxylic acids is 1. The summed E-state index contributed by atoms with van der Waals surface area (Å²) in [6.07, 6.45) is 0. The second kappa shape index (κ2) is 6.48. The maximum Gasteiger partial charge on any atom is 0.327 e. The summed E-state index contributed by atoms with van der Waals surface area (Å²) in [4.78, 5) is 37.0. The van der Waals surface area contributed by atoms with Gasteiger partial charge in [0.25, 0.3) is 0 Å². The number of carboxylic acids is 1. The third-order valence-electron chi connectivity index (χ3n) is 2.68. The van der Waals surface area contributed by atoms with Crippen LogP contribution in [0.3, 0.4) is 0 Å². The molecule has 0 aromatic carbocycles. The van der Waals surface area contributed by atoms with Crippen LogP contribution in [-0.4, -0.2) is 70.6 Å². The van der Waals surface area contributed by atoms with Crippen molar-refractivity contribution in [3.05, 3.63) is 0 Å². The molecule has 0 bridgehead atoms. The fraction of sp³-hybridized carbons (Fsp3) is 0.700. The van der Waals surface area contributed by atoms with Crippen LogP contribution in [0.15, 0.2) is 0 Å². The van der Waals surface area contributed by atoms with Crippen molar-refractivity contribution in [2.45, 2.75) is 13.0 Å². The lowest BCUT2D eigenvalue weighted by molar-refractivity contribution is -0.140. The van der Waals surface area contributed by atoms with E-state index in [0.717, 1.165) is 0 Å². The molecule has 1 aliphatic heterocycles.